The second-order valence-corrected chi connectivity index (χ2v) is 17.8. The van der Waals surface area contributed by atoms with E-state index in [1.807, 2.05) is 6.08 Å². The Kier molecular flexibility index (Phi) is 34.5. The van der Waals surface area contributed by atoms with Gasteiger partial charge in [-0.2, -0.15) is 8.42 Å². The van der Waals surface area contributed by atoms with Crippen molar-refractivity contribution in [1.29, 1.82) is 0 Å². The maximum absolute atomic E-state index is 13.0. The zero-order valence-corrected chi connectivity index (χ0v) is 37.4. The highest BCUT2D eigenvalue weighted by molar-refractivity contribution is 7.80. The lowest BCUT2D eigenvalue weighted by Gasteiger charge is -2.41. The fraction of sp³-hybridized carbons (Fsp3) is 0.933. The molecule has 12 nitrogen and oxygen atoms in total. The van der Waals surface area contributed by atoms with Crippen molar-refractivity contribution in [2.24, 2.45) is 0 Å². The summed E-state index contributed by atoms with van der Waals surface area (Å²) in [5.74, 6) is -0.260. The summed E-state index contributed by atoms with van der Waals surface area (Å²) in [4.78, 5) is 13.0. The molecule has 7 atom stereocenters. The standard InChI is InChI=1S/C45H87NO11S/c1-3-5-7-9-11-13-15-17-19-20-21-23-25-27-29-31-33-35-41(49)46-38(37-55-45-43(51)44(57-58(52,53)54)42(50)40(36-47)56-45)39(48)34-32-30-28-26-24-22-18-16-14-12-10-8-6-4-2/h32,34,38-40,42-45,47-48,50-51H,3-31,33,35-37H2,1-2H3,(H,46,49)(H,52,53,54)/b34-32+. The molecule has 1 amide bonds. The molecule has 6 N–H and O–H groups in total. The van der Waals surface area contributed by atoms with Crippen LogP contribution in [0.2, 0.25) is 0 Å². The van der Waals surface area contributed by atoms with Gasteiger partial charge in [0, 0.05) is 6.42 Å². The average Bonchev–Trinajstić information content (AvgIpc) is 3.19. The summed E-state index contributed by atoms with van der Waals surface area (Å²) in [6, 6.07) is -0.937. The number of nitrogens with one attached hydrogen (secondary N) is 1. The van der Waals surface area contributed by atoms with Crippen LogP contribution in [0.3, 0.4) is 0 Å². The van der Waals surface area contributed by atoms with Gasteiger partial charge in [-0.05, 0) is 19.3 Å². The van der Waals surface area contributed by atoms with Crippen LogP contribution in [-0.4, -0.2) is 95.4 Å². The summed E-state index contributed by atoms with van der Waals surface area (Å²) in [7, 11) is -5.08. The van der Waals surface area contributed by atoms with Crippen molar-refractivity contribution in [2.75, 3.05) is 13.2 Å². The fourth-order valence-electron chi connectivity index (χ4n) is 7.63. The van der Waals surface area contributed by atoms with Gasteiger partial charge in [-0.25, -0.2) is 4.18 Å². The predicted molar refractivity (Wildman–Crippen MR) is 232 cm³/mol. The van der Waals surface area contributed by atoms with Crippen LogP contribution in [0, 0.1) is 0 Å². The third-order valence-corrected chi connectivity index (χ3v) is 11.8. The Morgan fingerprint density at radius 1 is 0.672 bits per heavy atom. The molecule has 0 bridgehead atoms. The fourth-order valence-corrected chi connectivity index (χ4v) is 8.14. The number of hydrogen-bond donors (Lipinski definition) is 6. The first-order valence-electron chi connectivity index (χ1n) is 23.6. The lowest BCUT2D eigenvalue weighted by Crippen LogP contribution is -2.61. The maximum atomic E-state index is 13.0. The van der Waals surface area contributed by atoms with Gasteiger partial charge in [-0.3, -0.25) is 9.35 Å². The molecule has 1 aliphatic rings. The van der Waals surface area contributed by atoms with E-state index in [9.17, 15) is 38.2 Å². The molecule has 7 unspecified atom stereocenters. The van der Waals surface area contributed by atoms with Crippen LogP contribution in [0.4, 0.5) is 0 Å². The lowest BCUT2D eigenvalue weighted by atomic mass is 9.99. The number of aliphatic hydroxyl groups is 4. The first-order chi connectivity index (χ1) is 28.0. The van der Waals surface area contributed by atoms with Crippen molar-refractivity contribution in [3.05, 3.63) is 12.2 Å². The molecular weight excluding hydrogens is 763 g/mol. The number of allylic oxidation sites excluding steroid dienone is 1. The Morgan fingerprint density at radius 2 is 1.09 bits per heavy atom. The van der Waals surface area contributed by atoms with Crippen molar-refractivity contribution in [3.63, 3.8) is 0 Å². The normalized spacial score (nSPS) is 21.1. The van der Waals surface area contributed by atoms with Gasteiger partial charge >= 0.3 is 10.4 Å². The van der Waals surface area contributed by atoms with Gasteiger partial charge in [0.15, 0.2) is 6.29 Å². The monoisotopic (exact) mass is 850 g/mol. The second-order valence-electron chi connectivity index (χ2n) is 16.7. The molecule has 1 heterocycles. The Hall–Kier alpha value is -1.16. The van der Waals surface area contributed by atoms with Crippen LogP contribution in [0.1, 0.15) is 213 Å². The molecular formula is C45H87NO11S. The first-order valence-corrected chi connectivity index (χ1v) is 24.9. The Bertz CT molecular complexity index is 1090. The van der Waals surface area contributed by atoms with Gasteiger partial charge in [0.25, 0.3) is 0 Å². The minimum Gasteiger partial charge on any atom is -0.394 e. The Balaban J connectivity index is 2.50. The number of hydrogen-bond acceptors (Lipinski definition) is 10. The number of carbonyl (C=O) groups is 1. The van der Waals surface area contributed by atoms with Crippen LogP contribution in [0.5, 0.6) is 0 Å². The van der Waals surface area contributed by atoms with E-state index in [4.69, 9.17) is 9.47 Å². The molecule has 1 rings (SSSR count). The minimum atomic E-state index is -5.08. The van der Waals surface area contributed by atoms with E-state index in [0.717, 1.165) is 38.5 Å². The van der Waals surface area contributed by atoms with Gasteiger partial charge in [0.2, 0.25) is 5.91 Å². The van der Waals surface area contributed by atoms with Crippen molar-refractivity contribution in [1.82, 2.24) is 5.32 Å². The molecule has 0 radical (unpaired) electrons. The summed E-state index contributed by atoms with van der Waals surface area (Å²) in [6.45, 7) is 3.39. The largest absolute Gasteiger partial charge is 0.397 e. The molecule has 0 aromatic heterocycles. The van der Waals surface area contributed by atoms with Crippen LogP contribution in [-0.2, 0) is 28.9 Å². The van der Waals surface area contributed by atoms with E-state index < -0.39 is 59.9 Å². The SMILES string of the molecule is CCCCCCCCCCCCCC/C=C/C(O)C(COC1OC(CO)C(O)C(OS(=O)(=O)O)C1O)NC(=O)CCCCCCCCCCCCCCCCCCC. The molecule has 0 aliphatic carbocycles. The number of amides is 1. The van der Waals surface area contributed by atoms with Gasteiger partial charge in [-0.1, -0.05) is 199 Å². The highest BCUT2D eigenvalue weighted by Gasteiger charge is 2.48. The highest BCUT2D eigenvalue weighted by atomic mass is 32.3. The molecule has 58 heavy (non-hydrogen) atoms. The number of ether oxygens (including phenoxy) is 2. The van der Waals surface area contributed by atoms with E-state index in [1.54, 1.807) is 6.08 Å². The summed E-state index contributed by atoms with van der Waals surface area (Å²) in [5.41, 5.74) is 0. The van der Waals surface area contributed by atoms with Gasteiger partial charge < -0.3 is 35.2 Å². The molecule has 1 saturated heterocycles. The molecule has 0 aromatic rings. The molecule has 1 aliphatic heterocycles. The van der Waals surface area contributed by atoms with Crippen LogP contribution >= 0.6 is 0 Å². The average molecular weight is 850 g/mol. The van der Waals surface area contributed by atoms with E-state index in [-0.39, 0.29) is 18.9 Å². The third-order valence-electron chi connectivity index (χ3n) is 11.3. The van der Waals surface area contributed by atoms with Crippen LogP contribution in [0.25, 0.3) is 0 Å². The van der Waals surface area contributed by atoms with Gasteiger partial charge in [0.1, 0.15) is 24.4 Å². The zero-order chi connectivity index (χ0) is 42.7. The van der Waals surface area contributed by atoms with E-state index in [2.05, 4.69) is 23.3 Å². The zero-order valence-electron chi connectivity index (χ0n) is 36.6. The van der Waals surface area contributed by atoms with E-state index in [0.29, 0.717) is 6.42 Å². The number of unbranched alkanes of at least 4 members (excludes halogenated alkanes) is 28. The number of rotatable bonds is 40. The second kappa shape index (κ2) is 36.5. The molecule has 344 valence electrons. The Morgan fingerprint density at radius 3 is 1.50 bits per heavy atom. The maximum Gasteiger partial charge on any atom is 0.397 e. The van der Waals surface area contributed by atoms with Gasteiger partial charge in [-0.15, -0.1) is 0 Å². The van der Waals surface area contributed by atoms with Crippen molar-refractivity contribution < 1.29 is 51.8 Å². The molecule has 0 spiro atoms. The molecule has 0 aromatic carbocycles. The summed E-state index contributed by atoms with van der Waals surface area (Å²) >= 11 is 0. The van der Waals surface area contributed by atoms with Crippen molar-refractivity contribution >= 4 is 16.3 Å². The quantitative estimate of drug-likeness (QED) is 0.0196. The lowest BCUT2D eigenvalue weighted by molar-refractivity contribution is -0.298. The summed E-state index contributed by atoms with van der Waals surface area (Å²) < 4.78 is 47.6. The van der Waals surface area contributed by atoms with Crippen LogP contribution < -0.4 is 5.32 Å². The number of aliphatic hydroxyl groups excluding tert-OH is 4. The van der Waals surface area contributed by atoms with Crippen molar-refractivity contribution in [3.8, 4) is 0 Å². The van der Waals surface area contributed by atoms with Gasteiger partial charge in [0.05, 0.1) is 25.4 Å². The summed E-state index contributed by atoms with van der Waals surface area (Å²) in [6.07, 6.45) is 31.0. The van der Waals surface area contributed by atoms with E-state index in [1.165, 1.54) is 148 Å². The third kappa shape index (κ3) is 29.2. The highest BCUT2D eigenvalue weighted by Crippen LogP contribution is 2.26. The number of carbonyl (C=O) groups excluding carboxylic acids is 1. The molecule has 1 fully saturated rings. The van der Waals surface area contributed by atoms with E-state index >= 15 is 0 Å². The van der Waals surface area contributed by atoms with Crippen molar-refractivity contribution in [2.45, 2.75) is 256 Å². The molecule has 0 saturated carbocycles. The van der Waals surface area contributed by atoms with Crippen LogP contribution in [0.15, 0.2) is 12.2 Å². The topological polar surface area (TPSA) is 192 Å². The summed E-state index contributed by atoms with van der Waals surface area (Å²) in [5, 5.41) is 44.7. The Labute approximate surface area is 353 Å². The first kappa shape index (κ1) is 54.9. The predicted octanol–water partition coefficient (Wildman–Crippen LogP) is 9.16. The minimum absolute atomic E-state index is 0.260. The molecule has 13 heteroatoms. The smallest absolute Gasteiger partial charge is 0.394 e.